The van der Waals surface area contributed by atoms with E-state index in [2.05, 4.69) is 16.0 Å². The number of amides is 1. The van der Waals surface area contributed by atoms with E-state index >= 15 is 0 Å². The highest BCUT2D eigenvalue weighted by molar-refractivity contribution is 7.91. The van der Waals surface area contributed by atoms with Crippen LogP contribution in [0.5, 0.6) is 0 Å². The smallest absolute Gasteiger partial charge is 0.269 e. The van der Waals surface area contributed by atoms with Crippen molar-refractivity contribution in [1.29, 1.82) is 0 Å². The summed E-state index contributed by atoms with van der Waals surface area (Å²) in [5.74, 6) is -0.140. The van der Waals surface area contributed by atoms with Gasteiger partial charge in [0.15, 0.2) is 14.9 Å². The molecule has 1 aliphatic heterocycles. The predicted molar refractivity (Wildman–Crippen MR) is 97.1 cm³/mol. The number of thiocarbonyl (C=S) groups is 1. The summed E-state index contributed by atoms with van der Waals surface area (Å²) in [5, 5.41) is 19.2. The number of non-ortho nitro benzene ring substituents is 1. The van der Waals surface area contributed by atoms with Crippen molar-refractivity contribution in [2.75, 3.05) is 23.4 Å². The van der Waals surface area contributed by atoms with Crippen LogP contribution in [0, 0.1) is 10.1 Å². The molecule has 0 bridgehead atoms. The molecule has 9 nitrogen and oxygen atoms in total. The fraction of sp³-hybridized carbons (Fsp3) is 0.429. The molecule has 0 aromatic heterocycles. The number of nitrogens with zero attached hydrogens (tertiary/aromatic N) is 1. The maximum absolute atomic E-state index is 11.8. The molecule has 1 aliphatic rings. The number of nitro groups is 1. The zero-order valence-electron chi connectivity index (χ0n) is 13.2. The van der Waals surface area contributed by atoms with Crippen LogP contribution in [-0.4, -0.2) is 48.5 Å². The lowest BCUT2D eigenvalue weighted by atomic mass is 10.2. The summed E-state index contributed by atoms with van der Waals surface area (Å²) in [6.07, 6.45) is 0.597. The number of carbonyl (C=O) groups excluding carboxylic acids is 1. The van der Waals surface area contributed by atoms with Gasteiger partial charge in [-0.2, -0.15) is 0 Å². The zero-order valence-corrected chi connectivity index (χ0v) is 14.9. The van der Waals surface area contributed by atoms with Crippen molar-refractivity contribution in [2.45, 2.75) is 18.9 Å². The van der Waals surface area contributed by atoms with Gasteiger partial charge in [0.25, 0.3) is 5.69 Å². The van der Waals surface area contributed by atoms with Crippen molar-refractivity contribution < 1.29 is 18.1 Å². The molecule has 3 N–H and O–H groups in total. The molecule has 1 heterocycles. The molecule has 1 saturated heterocycles. The summed E-state index contributed by atoms with van der Waals surface area (Å²) in [6.45, 7) is 0.282. The molecule has 0 spiro atoms. The minimum atomic E-state index is -3.02. The Morgan fingerprint density at radius 2 is 2.00 bits per heavy atom. The fourth-order valence-electron chi connectivity index (χ4n) is 2.34. The minimum absolute atomic E-state index is 0.00766. The van der Waals surface area contributed by atoms with Crippen LogP contribution in [0.2, 0.25) is 0 Å². The number of sulfone groups is 1. The zero-order chi connectivity index (χ0) is 18.4. The van der Waals surface area contributed by atoms with Crippen molar-refractivity contribution in [2.24, 2.45) is 0 Å². The monoisotopic (exact) mass is 386 g/mol. The lowest BCUT2D eigenvalue weighted by Gasteiger charge is -2.12. The Kier molecular flexibility index (Phi) is 6.26. The maximum Gasteiger partial charge on any atom is 0.269 e. The highest BCUT2D eigenvalue weighted by atomic mass is 32.2. The van der Waals surface area contributed by atoms with Crippen LogP contribution >= 0.6 is 12.2 Å². The van der Waals surface area contributed by atoms with Crippen molar-refractivity contribution in [1.82, 2.24) is 10.6 Å². The van der Waals surface area contributed by atoms with E-state index in [9.17, 15) is 23.3 Å². The van der Waals surface area contributed by atoms with Crippen molar-refractivity contribution in [3.8, 4) is 0 Å². The second-order valence-electron chi connectivity index (χ2n) is 5.60. The topological polar surface area (TPSA) is 130 Å². The Hall–Kier alpha value is -2.27. The van der Waals surface area contributed by atoms with Crippen LogP contribution in [0.25, 0.3) is 0 Å². The third-order valence-electron chi connectivity index (χ3n) is 3.57. The first-order valence-corrected chi connectivity index (χ1v) is 9.77. The largest absolute Gasteiger partial charge is 0.362 e. The molecule has 1 amide bonds. The fourth-order valence-corrected chi connectivity index (χ4v) is 4.23. The van der Waals surface area contributed by atoms with Crippen LogP contribution in [0.15, 0.2) is 24.3 Å². The van der Waals surface area contributed by atoms with Crippen molar-refractivity contribution in [3.05, 3.63) is 34.4 Å². The van der Waals surface area contributed by atoms with Crippen molar-refractivity contribution >= 4 is 44.4 Å². The number of hydrogen-bond donors (Lipinski definition) is 3. The Bertz CT molecular complexity index is 764. The molecule has 0 radical (unpaired) electrons. The van der Waals surface area contributed by atoms with E-state index in [1.54, 1.807) is 0 Å². The lowest BCUT2D eigenvalue weighted by Crippen LogP contribution is -2.38. The van der Waals surface area contributed by atoms with E-state index in [0.717, 1.165) is 0 Å². The second-order valence-corrected chi connectivity index (χ2v) is 8.24. The Balaban J connectivity index is 1.68. The SMILES string of the molecule is O=C(CCNC(=S)Nc1ccc([N+](=O)[O-])cc1)NC1CCS(=O)(=O)C1. The minimum Gasteiger partial charge on any atom is -0.362 e. The van der Waals surface area contributed by atoms with Gasteiger partial charge in [-0.1, -0.05) is 0 Å². The molecule has 1 aromatic rings. The number of hydrogen-bond acceptors (Lipinski definition) is 6. The number of anilines is 1. The molecule has 0 saturated carbocycles. The standard InChI is InChI=1S/C14H18N4O5S2/c19-13(16-11-6-8-25(22,23)9-11)5-7-15-14(24)17-10-1-3-12(4-2-10)18(20)21/h1-4,11H,5-9H2,(H,16,19)(H2,15,17,24). The van der Waals surface area contributed by atoms with Crippen LogP contribution in [0.1, 0.15) is 12.8 Å². The molecule has 2 rings (SSSR count). The number of rotatable bonds is 6. The Labute approximate surface area is 150 Å². The van der Waals surface area contributed by atoms with Gasteiger partial charge in [-0.25, -0.2) is 8.42 Å². The molecule has 1 fully saturated rings. The number of nitrogens with one attached hydrogen (secondary N) is 3. The lowest BCUT2D eigenvalue weighted by molar-refractivity contribution is -0.384. The van der Waals surface area contributed by atoms with Gasteiger partial charge in [-0.3, -0.25) is 14.9 Å². The van der Waals surface area contributed by atoms with E-state index in [0.29, 0.717) is 12.1 Å². The van der Waals surface area contributed by atoms with Gasteiger partial charge in [-0.15, -0.1) is 0 Å². The van der Waals surface area contributed by atoms with Crippen molar-refractivity contribution in [3.63, 3.8) is 0 Å². The molecular formula is C14H18N4O5S2. The third-order valence-corrected chi connectivity index (χ3v) is 5.59. The van der Waals surface area contributed by atoms with Crippen LogP contribution in [0.4, 0.5) is 11.4 Å². The van der Waals surface area contributed by atoms with Crippen LogP contribution in [0.3, 0.4) is 0 Å². The molecule has 0 aliphatic carbocycles. The van der Waals surface area contributed by atoms with Gasteiger partial charge < -0.3 is 16.0 Å². The molecule has 1 unspecified atom stereocenters. The molecular weight excluding hydrogens is 368 g/mol. The van der Waals surface area contributed by atoms with Gasteiger partial charge in [0, 0.05) is 36.8 Å². The predicted octanol–water partition coefficient (Wildman–Crippen LogP) is 0.575. The first kappa shape index (κ1) is 19.1. The first-order chi connectivity index (χ1) is 11.7. The maximum atomic E-state index is 11.8. The quantitative estimate of drug-likeness (QED) is 0.368. The van der Waals surface area contributed by atoms with Gasteiger partial charge in [0.05, 0.1) is 16.4 Å². The number of nitro benzene ring substituents is 1. The highest BCUT2D eigenvalue weighted by Gasteiger charge is 2.28. The Morgan fingerprint density at radius 3 is 2.56 bits per heavy atom. The average Bonchev–Trinajstić information content (AvgIpc) is 2.86. The normalized spacial score (nSPS) is 18.3. The summed E-state index contributed by atoms with van der Waals surface area (Å²) in [6, 6.07) is 5.45. The molecule has 136 valence electrons. The molecule has 11 heteroatoms. The summed E-state index contributed by atoms with van der Waals surface area (Å²) >= 11 is 5.08. The molecule has 1 atom stereocenters. The molecule has 1 aromatic carbocycles. The summed E-state index contributed by atoms with van der Waals surface area (Å²) in [5.41, 5.74) is 0.568. The summed E-state index contributed by atoms with van der Waals surface area (Å²) < 4.78 is 22.7. The van der Waals surface area contributed by atoms with E-state index in [-0.39, 0.29) is 47.2 Å². The van der Waals surface area contributed by atoms with E-state index in [1.807, 2.05) is 0 Å². The van der Waals surface area contributed by atoms with Gasteiger partial charge in [0.2, 0.25) is 5.91 Å². The van der Waals surface area contributed by atoms with E-state index in [1.165, 1.54) is 24.3 Å². The van der Waals surface area contributed by atoms with Gasteiger partial charge in [0.1, 0.15) is 0 Å². The number of benzene rings is 1. The molecule has 25 heavy (non-hydrogen) atoms. The average molecular weight is 386 g/mol. The van der Waals surface area contributed by atoms with Gasteiger partial charge in [-0.05, 0) is 30.8 Å². The van der Waals surface area contributed by atoms with Gasteiger partial charge >= 0.3 is 0 Å². The summed E-state index contributed by atoms with van der Waals surface area (Å²) in [7, 11) is -3.02. The van der Waals surface area contributed by atoms with E-state index < -0.39 is 14.8 Å². The highest BCUT2D eigenvalue weighted by Crippen LogP contribution is 2.15. The Morgan fingerprint density at radius 1 is 1.32 bits per heavy atom. The first-order valence-electron chi connectivity index (χ1n) is 7.54. The second kappa shape index (κ2) is 8.21. The van der Waals surface area contributed by atoms with E-state index in [4.69, 9.17) is 12.2 Å². The number of carbonyl (C=O) groups is 1. The van der Waals surface area contributed by atoms with Crippen LogP contribution < -0.4 is 16.0 Å². The van der Waals surface area contributed by atoms with Crippen LogP contribution in [-0.2, 0) is 14.6 Å². The third kappa shape index (κ3) is 6.27. The summed E-state index contributed by atoms with van der Waals surface area (Å²) in [4.78, 5) is 21.9.